The Morgan fingerprint density at radius 3 is 2.06 bits per heavy atom. The summed E-state index contributed by atoms with van der Waals surface area (Å²) in [7, 11) is 0. The van der Waals surface area contributed by atoms with Gasteiger partial charge in [-0.25, -0.2) is 0 Å². The highest BCUT2D eigenvalue weighted by atomic mass is 16.8. The summed E-state index contributed by atoms with van der Waals surface area (Å²) < 4.78 is 103. The van der Waals surface area contributed by atoms with Crippen molar-refractivity contribution in [1.29, 1.82) is 0 Å². The number of ether oxygens (including phenoxy) is 15. The number of fused-ring (bicyclic) bond motifs is 10. The number of carbonyl (C=O) groups excluding carboxylic acids is 1. The lowest BCUT2D eigenvalue weighted by molar-refractivity contribution is -0.339. The molecule has 0 aromatic heterocycles. The molecule has 0 saturated carbocycles. The van der Waals surface area contributed by atoms with E-state index in [0.717, 1.165) is 56.1 Å². The molecule has 3 spiro atoms. The SMILES string of the molecule is C=C1C[C@@H]2CC[C@@]34CC5O[C@H]6[C@@H](O3)[C@H]3O[C@H](CC[C@@H]3O[C@H]6[C@H]5O4)CC(=O)O[C@@H]3[C@@H](C)[C@@H]4O[C@@H]5C[C@]6(C[C@@H]7O[C@]8(CC[C@@H]9O[C@H]([C@@H](O)C[C@@H](O)CO)C[C@@H]9O8)C[C@H](C)[C@@H]7O6)O[C@@H]5C[C@@H]4O[C@H]3C[C@H]3O[C@@H](CC[C@@H]1O2)C[C@@H](C)C3=C. The smallest absolute Gasteiger partial charge is 0.308 e. The molecule has 1 unspecified atom stereocenters. The molecule has 0 aliphatic carbocycles. The van der Waals surface area contributed by atoms with Gasteiger partial charge in [0, 0.05) is 70.1 Å². The van der Waals surface area contributed by atoms with Crippen LogP contribution in [0.5, 0.6) is 0 Å². The summed E-state index contributed by atoms with van der Waals surface area (Å²) in [6, 6.07) is 0. The highest BCUT2D eigenvalue weighted by Crippen LogP contribution is 2.57. The van der Waals surface area contributed by atoms with E-state index in [1.165, 1.54) is 0 Å². The summed E-state index contributed by atoms with van der Waals surface area (Å²) in [5.74, 6) is -2.81. The fourth-order valence-electron chi connectivity index (χ4n) is 17.8. The number of carbonyl (C=O) groups is 1. The van der Waals surface area contributed by atoms with Crippen LogP contribution in [-0.4, -0.2) is 198 Å². The lowest BCUT2D eigenvalue weighted by Gasteiger charge is -2.50. The van der Waals surface area contributed by atoms with E-state index in [2.05, 4.69) is 33.9 Å². The molecule has 78 heavy (non-hydrogen) atoms. The number of rotatable bonds is 4. The Bertz CT molecular complexity index is 2310. The predicted octanol–water partition coefficient (Wildman–Crippen LogP) is 4.68. The molecular weight excluding hydrogens is 1010 g/mol. The molecule has 0 aromatic carbocycles. The molecule has 16 saturated heterocycles. The van der Waals surface area contributed by atoms with Crippen LogP contribution in [0.1, 0.15) is 143 Å². The normalized spacial score (nSPS) is 56.8. The average molecular weight is 1100 g/mol. The summed E-state index contributed by atoms with van der Waals surface area (Å²) in [4.78, 5) is 14.6. The number of hydrogen-bond donors (Lipinski definition) is 3. The first-order valence-corrected chi connectivity index (χ1v) is 30.4. The molecule has 19 heteroatoms. The minimum absolute atomic E-state index is 0.0152. The van der Waals surface area contributed by atoms with Crippen LogP contribution in [0.15, 0.2) is 24.3 Å². The van der Waals surface area contributed by atoms with Crippen molar-refractivity contribution in [1.82, 2.24) is 0 Å². The third kappa shape index (κ3) is 9.19. The summed E-state index contributed by atoms with van der Waals surface area (Å²) in [6.07, 6.45) is 3.10. The zero-order valence-electron chi connectivity index (χ0n) is 45.6. The van der Waals surface area contributed by atoms with Gasteiger partial charge in [0.2, 0.25) is 0 Å². The molecule has 16 fully saturated rings. The van der Waals surface area contributed by atoms with Gasteiger partial charge in [-0.3, -0.25) is 4.79 Å². The van der Waals surface area contributed by atoms with E-state index < -0.39 is 72.8 Å². The predicted molar refractivity (Wildman–Crippen MR) is 269 cm³/mol. The van der Waals surface area contributed by atoms with Crippen LogP contribution in [0.25, 0.3) is 0 Å². The molecule has 16 heterocycles. The minimum Gasteiger partial charge on any atom is -0.459 e. The summed E-state index contributed by atoms with van der Waals surface area (Å²) in [6.45, 7) is 15.2. The van der Waals surface area contributed by atoms with E-state index in [4.69, 9.17) is 71.1 Å². The molecule has 434 valence electrons. The first-order chi connectivity index (χ1) is 37.6. The highest BCUT2D eigenvalue weighted by Gasteiger charge is 2.70. The quantitative estimate of drug-likeness (QED) is 0.257. The van der Waals surface area contributed by atoms with Gasteiger partial charge in [0.1, 0.15) is 36.6 Å². The Labute approximate surface area is 457 Å². The second-order valence-corrected chi connectivity index (χ2v) is 27.0. The van der Waals surface area contributed by atoms with Crippen molar-refractivity contribution in [2.24, 2.45) is 17.8 Å². The third-order valence-corrected chi connectivity index (χ3v) is 21.6. The van der Waals surface area contributed by atoms with Crippen molar-refractivity contribution >= 4 is 5.97 Å². The van der Waals surface area contributed by atoms with Gasteiger partial charge in [-0.2, -0.15) is 0 Å². The van der Waals surface area contributed by atoms with Crippen LogP contribution in [0.4, 0.5) is 0 Å². The lowest BCUT2D eigenvalue weighted by Crippen LogP contribution is -2.62. The summed E-state index contributed by atoms with van der Waals surface area (Å²) >= 11 is 0. The monoisotopic (exact) mass is 1100 g/mol. The largest absolute Gasteiger partial charge is 0.459 e. The molecule has 16 aliphatic heterocycles. The minimum atomic E-state index is -1.01. The van der Waals surface area contributed by atoms with Crippen LogP contribution < -0.4 is 0 Å². The van der Waals surface area contributed by atoms with Gasteiger partial charge in [-0.05, 0) is 74.3 Å². The third-order valence-electron chi connectivity index (χ3n) is 21.6. The molecule has 16 rings (SSSR count). The lowest BCUT2D eigenvalue weighted by atomic mass is 9.79. The number of esters is 1. The van der Waals surface area contributed by atoms with Gasteiger partial charge in [0.05, 0.1) is 129 Å². The maximum atomic E-state index is 14.6. The standard InChI is InChI=1S/C59H84O19/c1-26-14-32-6-8-36-27(2)15-34(64-36)10-12-58-23-46-53(77-58)54-55(71-46)56(78-58)52-38(69-54)9-7-33(66-52)17-48(63)72-51-30(5)50-44(68-43(51)18-39(65-32)29(26)4)20-42-45(70-50)22-59(74-42)24-47-49(76-59)28(3)21-57(75-47)13-11-37-41(73-57)19-40(67-37)35(62)16-31(61)25-60/h26,28,30-47,49-56,60-62H,2,4,6-25H2,1,3,5H3/t26-,28+,30+,31-,32+,33-,34+,35+,36+,37+,38+,39-,40+,41+,42-,43+,44+,45-,46?,47+,49+,50+,51-,52+,53+,54+,55-,56+,57-,58+,59+/m1/s1. The Morgan fingerprint density at radius 1 is 0.513 bits per heavy atom. The van der Waals surface area contributed by atoms with Crippen molar-refractivity contribution in [3.05, 3.63) is 24.3 Å². The molecular formula is C59H84O19. The molecule has 3 N–H and O–H groups in total. The van der Waals surface area contributed by atoms with E-state index in [1.54, 1.807) is 0 Å². The van der Waals surface area contributed by atoms with E-state index in [1.807, 2.05) is 0 Å². The molecule has 0 aromatic rings. The van der Waals surface area contributed by atoms with Crippen molar-refractivity contribution in [3.8, 4) is 0 Å². The van der Waals surface area contributed by atoms with Gasteiger partial charge >= 0.3 is 5.97 Å². The van der Waals surface area contributed by atoms with Crippen molar-refractivity contribution in [2.75, 3.05) is 6.61 Å². The number of aliphatic hydroxyl groups excluding tert-OH is 3. The summed E-state index contributed by atoms with van der Waals surface area (Å²) in [5.41, 5.74) is 2.15. The van der Waals surface area contributed by atoms with Crippen molar-refractivity contribution in [2.45, 2.75) is 313 Å². The Morgan fingerprint density at radius 2 is 1.19 bits per heavy atom. The van der Waals surface area contributed by atoms with Crippen LogP contribution >= 0.6 is 0 Å². The fourth-order valence-corrected chi connectivity index (χ4v) is 17.8. The van der Waals surface area contributed by atoms with Crippen molar-refractivity contribution < 1.29 is 91.2 Å². The van der Waals surface area contributed by atoms with E-state index in [9.17, 15) is 20.1 Å². The van der Waals surface area contributed by atoms with Crippen molar-refractivity contribution in [3.63, 3.8) is 0 Å². The van der Waals surface area contributed by atoms with Crippen LogP contribution in [-0.2, 0) is 75.8 Å². The van der Waals surface area contributed by atoms with Crippen LogP contribution in [0, 0.1) is 17.8 Å². The Kier molecular flexibility index (Phi) is 13.6. The average Bonchev–Trinajstić information content (AvgIpc) is 4.43. The van der Waals surface area contributed by atoms with Gasteiger partial charge in [-0.15, -0.1) is 0 Å². The maximum Gasteiger partial charge on any atom is 0.308 e. The molecule has 16 aliphatic rings. The topological polar surface area (TPSA) is 216 Å². The second kappa shape index (κ2) is 19.9. The van der Waals surface area contributed by atoms with E-state index in [-0.39, 0.29) is 140 Å². The fraction of sp³-hybridized carbons (Fsp3) is 0.915. The first kappa shape index (κ1) is 53.0. The Hall–Kier alpha value is -1.73. The maximum absolute atomic E-state index is 14.6. The number of hydrogen-bond acceptors (Lipinski definition) is 19. The summed E-state index contributed by atoms with van der Waals surface area (Å²) in [5, 5.41) is 30.2. The molecule has 0 amide bonds. The van der Waals surface area contributed by atoms with Crippen LogP contribution in [0.2, 0.25) is 0 Å². The highest BCUT2D eigenvalue weighted by molar-refractivity contribution is 5.70. The second-order valence-electron chi connectivity index (χ2n) is 27.0. The number of aliphatic hydroxyl groups is 3. The Balaban J connectivity index is 0.653. The van der Waals surface area contributed by atoms with Gasteiger partial charge in [-0.1, -0.05) is 33.9 Å². The molecule has 0 radical (unpaired) electrons. The first-order valence-electron chi connectivity index (χ1n) is 30.4. The van der Waals surface area contributed by atoms with Crippen LogP contribution in [0.3, 0.4) is 0 Å². The van der Waals surface area contributed by atoms with Gasteiger partial charge < -0.3 is 86.4 Å². The van der Waals surface area contributed by atoms with E-state index >= 15 is 0 Å². The zero-order valence-corrected chi connectivity index (χ0v) is 45.6. The van der Waals surface area contributed by atoms with Gasteiger partial charge in [0.15, 0.2) is 17.4 Å². The molecule has 19 nitrogen and oxygen atoms in total. The molecule has 31 atom stereocenters. The van der Waals surface area contributed by atoms with Gasteiger partial charge in [0.25, 0.3) is 0 Å². The van der Waals surface area contributed by atoms with E-state index in [0.29, 0.717) is 64.2 Å². The molecule has 12 bridgehead atoms. The zero-order chi connectivity index (χ0) is 53.1.